The lowest BCUT2D eigenvalue weighted by Crippen LogP contribution is -2.60. The molecule has 7 atom stereocenters. The monoisotopic (exact) mass is 564 g/mol. The van der Waals surface area contributed by atoms with Crippen LogP contribution in [-0.2, 0) is 31.3 Å². The van der Waals surface area contributed by atoms with E-state index in [1.807, 2.05) is 22.8 Å². The van der Waals surface area contributed by atoms with Crippen molar-refractivity contribution in [1.82, 2.24) is 9.47 Å². The van der Waals surface area contributed by atoms with Gasteiger partial charge in [-0.25, -0.2) is 14.4 Å². The number of para-hydroxylation sites is 1. The molecule has 0 aliphatic carbocycles. The summed E-state index contributed by atoms with van der Waals surface area (Å²) in [4.78, 5) is 35.6. The van der Waals surface area contributed by atoms with E-state index in [0.29, 0.717) is 6.42 Å². The lowest BCUT2D eigenvalue weighted by Gasteiger charge is -2.57. The summed E-state index contributed by atoms with van der Waals surface area (Å²) in [5.74, 6) is -4.22. The van der Waals surface area contributed by atoms with Gasteiger partial charge in [0.15, 0.2) is 12.2 Å². The van der Waals surface area contributed by atoms with Crippen LogP contribution in [0.3, 0.4) is 0 Å². The van der Waals surface area contributed by atoms with Gasteiger partial charge in [-0.3, -0.25) is 4.90 Å². The van der Waals surface area contributed by atoms with Crippen LogP contribution in [0, 0.1) is 5.41 Å². The first-order valence-electron chi connectivity index (χ1n) is 13.2. The number of ether oxygens (including phenoxy) is 1. The smallest absolute Gasteiger partial charge is 0.359 e. The van der Waals surface area contributed by atoms with Crippen LogP contribution in [0.4, 0.5) is 0 Å². The summed E-state index contributed by atoms with van der Waals surface area (Å²) in [7, 11) is 1.37. The topological polar surface area (TPSA) is 210 Å². The number of carboxylic acids is 2. The number of carbonyl (C=O) groups is 3. The Labute approximate surface area is 229 Å². The molecule has 1 fully saturated rings. The normalized spacial score (nSPS) is 28.3. The number of carboxylic acid groups (broad SMARTS) is 2. The lowest BCUT2D eigenvalue weighted by molar-refractivity contribution is -0.194. The fourth-order valence-electron chi connectivity index (χ4n) is 6.76. The maximum absolute atomic E-state index is 12.8. The largest absolute Gasteiger partial charge is 0.479 e. The highest BCUT2D eigenvalue weighted by Gasteiger charge is 2.60. The number of piperidine rings is 1. The number of carbonyl (C=O) groups excluding carboxylic acids is 1. The van der Waals surface area contributed by atoms with Crippen LogP contribution >= 0.6 is 0 Å². The second-order valence-corrected chi connectivity index (χ2v) is 10.8. The maximum Gasteiger partial charge on any atom is 0.359 e. The first-order valence-corrected chi connectivity index (χ1v) is 13.2. The number of benzene rings is 1. The van der Waals surface area contributed by atoms with Crippen LogP contribution in [-0.4, -0.2) is 108 Å². The van der Waals surface area contributed by atoms with Crippen molar-refractivity contribution in [1.29, 1.82) is 0 Å². The summed E-state index contributed by atoms with van der Waals surface area (Å²) in [6, 6.07) is 8.45. The van der Waals surface area contributed by atoms with Crippen molar-refractivity contribution < 1.29 is 54.9 Å². The zero-order valence-electron chi connectivity index (χ0n) is 22.3. The van der Waals surface area contributed by atoms with Crippen LogP contribution in [0.15, 0.2) is 24.3 Å². The Hall–Kier alpha value is -3.07. The second kappa shape index (κ2) is 11.1. The molecule has 4 heterocycles. The fraction of sp³-hybridized carbons (Fsp3) is 0.593. The SMILES string of the molecule is CC[C@]12CCCN3CCc4c(n(c5ccccc45)[C@@](O)(C(=O)OC)C1)[C@@H]32.O=C(O)[C@@H](O)[C@@H](O)[C@H](O)[C@@H](O)C(=O)O. The summed E-state index contributed by atoms with van der Waals surface area (Å²) < 4.78 is 7.01. The van der Waals surface area contributed by atoms with E-state index in [9.17, 15) is 19.5 Å². The molecule has 0 radical (unpaired) electrons. The molecule has 5 rings (SSSR count). The predicted molar refractivity (Wildman–Crippen MR) is 138 cm³/mol. The van der Waals surface area contributed by atoms with Crippen LogP contribution < -0.4 is 0 Å². The Bertz CT molecular complexity index is 1270. The molecule has 0 amide bonds. The second-order valence-electron chi connectivity index (χ2n) is 10.8. The zero-order valence-corrected chi connectivity index (χ0v) is 22.3. The Kier molecular flexibility index (Phi) is 8.28. The van der Waals surface area contributed by atoms with E-state index < -0.39 is 48.0 Å². The summed E-state index contributed by atoms with van der Waals surface area (Å²) in [6.07, 6.45) is -4.77. The molecule has 13 nitrogen and oxygen atoms in total. The molecule has 7 N–H and O–H groups in total. The number of nitrogens with zero attached hydrogens (tertiary/aromatic N) is 2. The number of aliphatic hydroxyl groups excluding tert-OH is 4. The highest BCUT2D eigenvalue weighted by Crippen LogP contribution is 2.60. The Morgan fingerprint density at radius 1 is 1.02 bits per heavy atom. The van der Waals surface area contributed by atoms with E-state index in [0.717, 1.165) is 50.0 Å². The number of fused-ring (bicyclic) bond motifs is 3. The van der Waals surface area contributed by atoms with Gasteiger partial charge in [0, 0.05) is 24.0 Å². The van der Waals surface area contributed by atoms with Crippen LogP contribution in [0.25, 0.3) is 10.9 Å². The zero-order chi connectivity index (χ0) is 29.6. The number of hydrogen-bond donors (Lipinski definition) is 7. The van der Waals surface area contributed by atoms with Crippen LogP contribution in [0.1, 0.15) is 49.9 Å². The van der Waals surface area contributed by atoms with Crippen molar-refractivity contribution in [3.8, 4) is 0 Å². The van der Waals surface area contributed by atoms with E-state index in [-0.39, 0.29) is 11.5 Å². The first kappa shape index (κ1) is 29.9. The van der Waals surface area contributed by atoms with Gasteiger partial charge < -0.3 is 45.0 Å². The Balaban J connectivity index is 0.000000227. The van der Waals surface area contributed by atoms with E-state index in [1.165, 1.54) is 18.1 Å². The van der Waals surface area contributed by atoms with Crippen molar-refractivity contribution in [2.45, 2.75) is 75.2 Å². The molecular formula is C27H36N2O11. The molecule has 0 saturated carbocycles. The molecule has 1 aromatic carbocycles. The highest BCUT2D eigenvalue weighted by atomic mass is 16.5. The van der Waals surface area contributed by atoms with Gasteiger partial charge in [0.2, 0.25) is 5.72 Å². The minimum Gasteiger partial charge on any atom is -0.479 e. The fourth-order valence-corrected chi connectivity index (χ4v) is 6.76. The van der Waals surface area contributed by atoms with Gasteiger partial charge in [0.25, 0.3) is 0 Å². The molecule has 0 unspecified atom stereocenters. The summed E-state index contributed by atoms with van der Waals surface area (Å²) in [6.45, 7) is 4.36. The third-order valence-corrected chi connectivity index (χ3v) is 8.68. The third kappa shape index (κ3) is 4.66. The number of aromatic nitrogens is 1. The number of methoxy groups -OCH3 is 1. The Morgan fingerprint density at radius 3 is 2.17 bits per heavy atom. The Morgan fingerprint density at radius 2 is 1.62 bits per heavy atom. The van der Waals surface area contributed by atoms with Crippen LogP contribution in [0.2, 0.25) is 0 Å². The quantitative estimate of drug-likeness (QED) is 0.213. The molecule has 3 aliphatic rings. The van der Waals surface area contributed by atoms with Gasteiger partial charge in [-0.05, 0) is 49.3 Å². The van der Waals surface area contributed by atoms with Gasteiger partial charge in [0.1, 0.15) is 12.2 Å². The standard InChI is InChI=1S/C21H26N2O3.C6H10O8/c1-3-20-10-6-11-22-12-9-15-14-7-4-5-8-16(14)23(17(15)18(20)22)21(25,13-20)19(24)26-2;7-1(3(9)5(11)12)2(8)4(10)6(13)14/h4-5,7-8,18,25H,3,6,9-13H2,1-2H3;1-4,7-10H,(H,11,12)(H,13,14)/t18-,20+,21+;1-,2-,3-,4+/m10/s1. The number of rotatable bonds is 7. The molecule has 0 spiro atoms. The van der Waals surface area contributed by atoms with E-state index >= 15 is 0 Å². The summed E-state index contributed by atoms with van der Waals surface area (Å²) >= 11 is 0. The van der Waals surface area contributed by atoms with E-state index in [2.05, 4.69) is 17.9 Å². The minimum absolute atomic E-state index is 0.0826. The minimum atomic E-state index is -2.36. The number of aliphatic carboxylic acids is 2. The molecule has 220 valence electrons. The lowest BCUT2D eigenvalue weighted by atomic mass is 9.62. The molecule has 1 aromatic heterocycles. The highest BCUT2D eigenvalue weighted by molar-refractivity contribution is 5.90. The van der Waals surface area contributed by atoms with Gasteiger partial charge in [-0.2, -0.15) is 0 Å². The molecule has 13 heteroatoms. The number of aliphatic hydroxyl groups is 5. The van der Waals surface area contributed by atoms with Crippen molar-refractivity contribution in [2.75, 3.05) is 20.2 Å². The van der Waals surface area contributed by atoms with Crippen molar-refractivity contribution in [3.05, 3.63) is 35.5 Å². The predicted octanol–water partition coefficient (Wildman–Crippen LogP) is -0.448. The number of hydrogen-bond acceptors (Lipinski definition) is 10. The maximum atomic E-state index is 12.8. The molecule has 40 heavy (non-hydrogen) atoms. The van der Waals surface area contributed by atoms with Crippen LogP contribution in [0.5, 0.6) is 0 Å². The molecule has 2 aromatic rings. The summed E-state index contributed by atoms with van der Waals surface area (Å²) in [5.41, 5.74) is 1.69. The van der Waals surface area contributed by atoms with Gasteiger partial charge in [-0.15, -0.1) is 0 Å². The molecule has 1 saturated heterocycles. The van der Waals surface area contributed by atoms with Gasteiger partial charge >= 0.3 is 17.9 Å². The molecule has 0 bridgehead atoms. The average Bonchev–Trinajstić information content (AvgIpc) is 3.30. The van der Waals surface area contributed by atoms with Crippen molar-refractivity contribution in [3.63, 3.8) is 0 Å². The molecule has 3 aliphatic heterocycles. The third-order valence-electron chi connectivity index (χ3n) is 8.68. The van der Waals surface area contributed by atoms with E-state index in [1.54, 1.807) is 0 Å². The first-order chi connectivity index (χ1) is 18.8. The van der Waals surface area contributed by atoms with Crippen molar-refractivity contribution in [2.24, 2.45) is 5.41 Å². The van der Waals surface area contributed by atoms with Gasteiger partial charge in [0.05, 0.1) is 18.7 Å². The van der Waals surface area contributed by atoms with E-state index in [4.69, 9.17) is 35.4 Å². The molecular weight excluding hydrogens is 528 g/mol. The average molecular weight is 565 g/mol. The summed E-state index contributed by atoms with van der Waals surface area (Å²) in [5, 5.41) is 64.3. The number of esters is 1. The van der Waals surface area contributed by atoms with Gasteiger partial charge in [-0.1, -0.05) is 25.1 Å². The van der Waals surface area contributed by atoms with Crippen molar-refractivity contribution >= 4 is 28.8 Å².